The van der Waals surface area contributed by atoms with Gasteiger partial charge < -0.3 is 10.2 Å². The zero-order valence-electron chi connectivity index (χ0n) is 12.8. The van der Waals surface area contributed by atoms with Gasteiger partial charge in [0.2, 0.25) is 0 Å². The molecule has 1 aliphatic heterocycles. The van der Waals surface area contributed by atoms with Crippen molar-refractivity contribution in [2.45, 2.75) is 25.7 Å². The molecule has 2 aromatic rings. The number of hydrogen-bond donors (Lipinski definition) is 1. The third-order valence-electron chi connectivity index (χ3n) is 3.91. The summed E-state index contributed by atoms with van der Waals surface area (Å²) in [6.07, 6.45) is 4.93. The normalized spacial score (nSPS) is 15.1. The molecule has 6 heteroatoms. The number of carbonyl (C=O) groups excluding carboxylic acids is 1. The maximum atomic E-state index is 12.2. The number of rotatable bonds is 3. The van der Waals surface area contributed by atoms with Gasteiger partial charge in [0.15, 0.2) is 11.6 Å². The second kappa shape index (κ2) is 7.42. The first kappa shape index (κ1) is 15.7. The lowest BCUT2D eigenvalue weighted by Gasteiger charge is -2.20. The van der Waals surface area contributed by atoms with Gasteiger partial charge in [0, 0.05) is 23.7 Å². The summed E-state index contributed by atoms with van der Waals surface area (Å²) in [4.78, 5) is 14.4. The number of nitrogens with one attached hydrogen (secondary N) is 1. The molecule has 0 atom stereocenters. The molecule has 120 valence electrons. The Labute approximate surface area is 140 Å². The Morgan fingerprint density at radius 3 is 2.48 bits per heavy atom. The van der Waals surface area contributed by atoms with Crippen molar-refractivity contribution in [2.75, 3.05) is 23.3 Å². The van der Waals surface area contributed by atoms with Crippen molar-refractivity contribution in [1.82, 2.24) is 10.2 Å². The molecule has 1 fully saturated rings. The highest BCUT2D eigenvalue weighted by Crippen LogP contribution is 2.18. The highest BCUT2D eigenvalue weighted by atomic mass is 35.5. The minimum atomic E-state index is -0.246. The first-order valence-electron chi connectivity index (χ1n) is 7.88. The molecule has 2 heterocycles. The van der Waals surface area contributed by atoms with Gasteiger partial charge in [-0.1, -0.05) is 30.5 Å². The number of benzene rings is 1. The lowest BCUT2D eigenvalue weighted by Crippen LogP contribution is -2.25. The van der Waals surface area contributed by atoms with Gasteiger partial charge in [-0.05, 0) is 43.2 Å². The topological polar surface area (TPSA) is 58.1 Å². The summed E-state index contributed by atoms with van der Waals surface area (Å²) in [5.41, 5.74) is 0.496. The number of halogens is 1. The summed E-state index contributed by atoms with van der Waals surface area (Å²) >= 11 is 5.90. The Hall–Kier alpha value is -2.14. The van der Waals surface area contributed by atoms with Crippen molar-refractivity contribution in [2.24, 2.45) is 0 Å². The van der Waals surface area contributed by atoms with E-state index in [9.17, 15) is 4.79 Å². The van der Waals surface area contributed by atoms with Crippen molar-refractivity contribution in [1.29, 1.82) is 0 Å². The molecule has 1 saturated heterocycles. The van der Waals surface area contributed by atoms with Crippen LogP contribution in [0.4, 0.5) is 11.6 Å². The Bertz CT molecular complexity index is 667. The maximum absolute atomic E-state index is 12.2. The fourth-order valence-corrected chi connectivity index (χ4v) is 2.87. The van der Waals surface area contributed by atoms with E-state index in [-0.39, 0.29) is 5.91 Å². The molecule has 1 aromatic heterocycles. The average molecular weight is 331 g/mol. The molecule has 1 aromatic carbocycles. The molecule has 0 radical (unpaired) electrons. The van der Waals surface area contributed by atoms with E-state index in [4.69, 9.17) is 11.6 Å². The average Bonchev–Trinajstić information content (AvgIpc) is 2.85. The van der Waals surface area contributed by atoms with Crippen LogP contribution in [0.25, 0.3) is 0 Å². The molecule has 0 bridgehead atoms. The third-order valence-corrected chi connectivity index (χ3v) is 4.14. The van der Waals surface area contributed by atoms with Gasteiger partial charge in [0.05, 0.1) is 0 Å². The number of aromatic nitrogens is 2. The van der Waals surface area contributed by atoms with Crippen molar-refractivity contribution < 1.29 is 4.79 Å². The Balaban J connectivity index is 1.66. The van der Waals surface area contributed by atoms with Crippen LogP contribution < -0.4 is 10.2 Å². The summed E-state index contributed by atoms with van der Waals surface area (Å²) in [5, 5.41) is 11.6. The van der Waals surface area contributed by atoms with Crippen LogP contribution in [0.3, 0.4) is 0 Å². The van der Waals surface area contributed by atoms with Gasteiger partial charge in [-0.25, -0.2) is 0 Å². The Morgan fingerprint density at radius 2 is 1.83 bits per heavy atom. The largest absolute Gasteiger partial charge is 0.355 e. The number of anilines is 2. The van der Waals surface area contributed by atoms with Gasteiger partial charge in [0.1, 0.15) is 0 Å². The van der Waals surface area contributed by atoms with Crippen LogP contribution in [-0.2, 0) is 0 Å². The molecule has 0 aliphatic carbocycles. The maximum Gasteiger partial charge on any atom is 0.256 e. The third kappa shape index (κ3) is 4.20. The fourth-order valence-electron chi connectivity index (χ4n) is 2.68. The van der Waals surface area contributed by atoms with Crippen molar-refractivity contribution in [3.8, 4) is 0 Å². The fraction of sp³-hybridized carbons (Fsp3) is 0.353. The smallest absolute Gasteiger partial charge is 0.256 e. The van der Waals surface area contributed by atoms with Gasteiger partial charge >= 0.3 is 0 Å². The van der Waals surface area contributed by atoms with E-state index >= 15 is 0 Å². The molecular weight excluding hydrogens is 312 g/mol. The van der Waals surface area contributed by atoms with Crippen LogP contribution in [0.1, 0.15) is 36.0 Å². The van der Waals surface area contributed by atoms with E-state index in [0.29, 0.717) is 16.4 Å². The first-order chi connectivity index (χ1) is 11.2. The van der Waals surface area contributed by atoms with E-state index in [1.807, 2.05) is 6.07 Å². The number of nitrogens with zero attached hydrogens (tertiary/aromatic N) is 3. The molecule has 3 rings (SSSR count). The zero-order valence-corrected chi connectivity index (χ0v) is 13.6. The Kier molecular flexibility index (Phi) is 5.08. The van der Waals surface area contributed by atoms with Crippen LogP contribution >= 0.6 is 11.6 Å². The van der Waals surface area contributed by atoms with Crippen LogP contribution in [-0.4, -0.2) is 29.2 Å². The summed E-state index contributed by atoms with van der Waals surface area (Å²) in [6.45, 7) is 2.03. The van der Waals surface area contributed by atoms with Crippen LogP contribution in [0.2, 0.25) is 5.02 Å². The van der Waals surface area contributed by atoms with Crippen molar-refractivity contribution in [3.63, 3.8) is 0 Å². The number of carbonyl (C=O) groups is 1. The number of amides is 1. The quantitative estimate of drug-likeness (QED) is 0.930. The van der Waals surface area contributed by atoms with Gasteiger partial charge in [-0.3, -0.25) is 4.79 Å². The molecule has 1 aliphatic rings. The molecule has 0 unspecified atom stereocenters. The van der Waals surface area contributed by atoms with Gasteiger partial charge in [-0.15, -0.1) is 10.2 Å². The van der Waals surface area contributed by atoms with E-state index in [1.54, 1.807) is 30.3 Å². The van der Waals surface area contributed by atoms with E-state index < -0.39 is 0 Å². The molecule has 0 spiro atoms. The second-order valence-corrected chi connectivity index (χ2v) is 6.08. The molecule has 5 nitrogen and oxygen atoms in total. The molecule has 1 amide bonds. The van der Waals surface area contributed by atoms with Crippen molar-refractivity contribution >= 4 is 29.1 Å². The minimum absolute atomic E-state index is 0.246. The standard InChI is InChI=1S/C17H19ClN4O/c18-14-7-5-6-13(12-14)17(23)19-15-8-9-16(21-20-15)22-10-3-1-2-4-11-22/h5-9,12H,1-4,10-11H2,(H,19,20,23). The van der Waals surface area contributed by atoms with Crippen LogP contribution in [0.15, 0.2) is 36.4 Å². The van der Waals surface area contributed by atoms with E-state index in [1.165, 1.54) is 25.7 Å². The van der Waals surface area contributed by atoms with Crippen LogP contribution in [0, 0.1) is 0 Å². The minimum Gasteiger partial charge on any atom is -0.355 e. The SMILES string of the molecule is O=C(Nc1ccc(N2CCCCCC2)nn1)c1cccc(Cl)c1. The van der Waals surface area contributed by atoms with Crippen LogP contribution in [0.5, 0.6) is 0 Å². The monoisotopic (exact) mass is 330 g/mol. The molecule has 23 heavy (non-hydrogen) atoms. The predicted molar refractivity (Wildman–Crippen MR) is 92.1 cm³/mol. The van der Waals surface area contributed by atoms with E-state index in [2.05, 4.69) is 20.4 Å². The van der Waals surface area contributed by atoms with Gasteiger partial charge in [-0.2, -0.15) is 0 Å². The summed E-state index contributed by atoms with van der Waals surface area (Å²) in [5.74, 6) is 1.06. The van der Waals surface area contributed by atoms with E-state index in [0.717, 1.165) is 18.9 Å². The first-order valence-corrected chi connectivity index (χ1v) is 8.26. The molecule has 0 saturated carbocycles. The molecule has 1 N–H and O–H groups in total. The lowest BCUT2D eigenvalue weighted by atomic mass is 10.2. The summed E-state index contributed by atoms with van der Waals surface area (Å²) in [7, 11) is 0. The highest BCUT2D eigenvalue weighted by molar-refractivity contribution is 6.31. The number of hydrogen-bond acceptors (Lipinski definition) is 4. The molecular formula is C17H19ClN4O. The Morgan fingerprint density at radius 1 is 1.04 bits per heavy atom. The second-order valence-electron chi connectivity index (χ2n) is 5.64. The summed E-state index contributed by atoms with van der Waals surface area (Å²) < 4.78 is 0. The van der Waals surface area contributed by atoms with Crippen molar-refractivity contribution in [3.05, 3.63) is 47.0 Å². The summed E-state index contributed by atoms with van der Waals surface area (Å²) in [6, 6.07) is 10.5. The highest BCUT2D eigenvalue weighted by Gasteiger charge is 2.12. The zero-order chi connectivity index (χ0) is 16.1. The predicted octanol–water partition coefficient (Wildman–Crippen LogP) is 3.76. The lowest BCUT2D eigenvalue weighted by molar-refractivity contribution is 0.102. The van der Waals surface area contributed by atoms with Gasteiger partial charge in [0.25, 0.3) is 5.91 Å².